The van der Waals surface area contributed by atoms with Crippen molar-refractivity contribution in [2.24, 2.45) is 0 Å². The van der Waals surface area contributed by atoms with E-state index >= 15 is 0 Å². The van der Waals surface area contributed by atoms with Gasteiger partial charge < -0.3 is 9.88 Å². The highest BCUT2D eigenvalue weighted by Crippen LogP contribution is 2.24. The zero-order valence-corrected chi connectivity index (χ0v) is 18.2. The van der Waals surface area contributed by atoms with E-state index in [-0.39, 0.29) is 17.0 Å². The average molecular weight is 403 g/mol. The molecule has 1 aromatic heterocycles. The number of aryl methyl sites for hydroxylation is 1. The third-order valence-electron chi connectivity index (χ3n) is 5.43. The van der Waals surface area contributed by atoms with E-state index in [9.17, 15) is 9.59 Å². The van der Waals surface area contributed by atoms with Crippen LogP contribution in [0.5, 0.6) is 0 Å². The van der Waals surface area contributed by atoms with Gasteiger partial charge >= 0.3 is 0 Å². The predicted octanol–water partition coefficient (Wildman–Crippen LogP) is 5.29. The van der Waals surface area contributed by atoms with Crippen LogP contribution < -0.4 is 10.9 Å². The van der Waals surface area contributed by atoms with E-state index in [0.29, 0.717) is 6.54 Å². The number of hydrogen-bond acceptors (Lipinski definition) is 2. The van der Waals surface area contributed by atoms with Crippen LogP contribution in [0.3, 0.4) is 0 Å². The van der Waals surface area contributed by atoms with Crippen molar-refractivity contribution < 1.29 is 4.79 Å². The van der Waals surface area contributed by atoms with Gasteiger partial charge in [0.05, 0.1) is 11.2 Å². The monoisotopic (exact) mass is 402 g/mol. The van der Waals surface area contributed by atoms with Crippen LogP contribution in [0, 0.1) is 6.92 Å². The Kier molecular flexibility index (Phi) is 6.56. The minimum Gasteiger partial charge on any atom is -0.343 e. The van der Waals surface area contributed by atoms with Crippen LogP contribution in [-0.2, 0) is 12.1 Å². The van der Waals surface area contributed by atoms with E-state index < -0.39 is 5.54 Å². The Bertz CT molecular complexity index is 1070. The summed E-state index contributed by atoms with van der Waals surface area (Å²) in [5.74, 6) is -0.346. The Morgan fingerprint density at radius 3 is 2.20 bits per heavy atom. The van der Waals surface area contributed by atoms with E-state index in [1.54, 1.807) is 10.6 Å². The molecule has 4 nitrogen and oxygen atoms in total. The summed E-state index contributed by atoms with van der Waals surface area (Å²) in [6.45, 7) is 8.54. The second-order valence-electron chi connectivity index (χ2n) is 8.21. The molecule has 0 radical (unpaired) electrons. The summed E-state index contributed by atoms with van der Waals surface area (Å²) in [4.78, 5) is 26.5. The van der Waals surface area contributed by atoms with Crippen LogP contribution in [0.1, 0.15) is 55.1 Å². The number of carbonyl (C=O) groups excluding carboxylic acids is 1. The fourth-order valence-electron chi connectivity index (χ4n) is 3.76. The molecule has 0 unspecified atom stereocenters. The van der Waals surface area contributed by atoms with Crippen LogP contribution in [0.4, 0.5) is 0 Å². The summed E-state index contributed by atoms with van der Waals surface area (Å²) >= 11 is 0. The number of rotatable bonds is 7. The Balaban J connectivity index is 2.04. The first kappa shape index (κ1) is 21.6. The fraction of sp³-hybridized carbons (Fsp3) is 0.308. The molecule has 3 rings (SSSR count). The summed E-state index contributed by atoms with van der Waals surface area (Å²) < 4.78 is 1.76. The van der Waals surface area contributed by atoms with E-state index in [4.69, 9.17) is 0 Å². The van der Waals surface area contributed by atoms with Gasteiger partial charge in [0.15, 0.2) is 0 Å². The van der Waals surface area contributed by atoms with Crippen molar-refractivity contribution in [2.75, 3.05) is 0 Å². The van der Waals surface area contributed by atoms with Crippen LogP contribution in [0.15, 0.2) is 71.5 Å². The molecule has 0 fully saturated rings. The summed E-state index contributed by atoms with van der Waals surface area (Å²) in [5, 5.41) is 3.05. The van der Waals surface area contributed by atoms with E-state index in [1.807, 2.05) is 81.4 Å². The second kappa shape index (κ2) is 9.12. The van der Waals surface area contributed by atoms with Crippen LogP contribution in [-0.4, -0.2) is 10.5 Å². The van der Waals surface area contributed by atoms with Crippen molar-refractivity contribution in [1.29, 1.82) is 0 Å². The lowest BCUT2D eigenvalue weighted by Crippen LogP contribution is -2.43. The fourth-order valence-corrected chi connectivity index (χ4v) is 3.76. The highest BCUT2D eigenvalue weighted by Gasteiger charge is 2.26. The van der Waals surface area contributed by atoms with Gasteiger partial charge in [0.2, 0.25) is 0 Å². The predicted molar refractivity (Wildman–Crippen MR) is 123 cm³/mol. The first-order chi connectivity index (χ1) is 14.3. The van der Waals surface area contributed by atoms with Gasteiger partial charge in [-0.05, 0) is 49.9 Å². The molecule has 0 bridgehead atoms. The molecule has 0 saturated heterocycles. The van der Waals surface area contributed by atoms with Gasteiger partial charge in [0, 0.05) is 6.54 Å². The summed E-state index contributed by atoms with van der Waals surface area (Å²) in [7, 11) is 0. The van der Waals surface area contributed by atoms with Gasteiger partial charge in [-0.2, -0.15) is 0 Å². The molecule has 0 aliphatic heterocycles. The maximum atomic E-state index is 13.4. The van der Waals surface area contributed by atoms with Crippen molar-refractivity contribution in [2.45, 2.75) is 52.6 Å². The molecule has 4 heteroatoms. The minimum atomic E-state index is -0.592. The zero-order chi connectivity index (χ0) is 21.7. The number of nitrogens with one attached hydrogen (secondary N) is 1. The molecular formula is C26H30N2O2. The first-order valence-corrected chi connectivity index (χ1v) is 10.5. The van der Waals surface area contributed by atoms with Crippen LogP contribution in [0.2, 0.25) is 0 Å². The Labute approximate surface area is 178 Å². The Hall–Kier alpha value is -3.14. The molecule has 3 aromatic rings. The molecular weight excluding hydrogens is 372 g/mol. The minimum absolute atomic E-state index is 0.187. The van der Waals surface area contributed by atoms with Crippen LogP contribution >= 0.6 is 0 Å². The van der Waals surface area contributed by atoms with Crippen molar-refractivity contribution in [3.8, 4) is 11.3 Å². The quantitative estimate of drug-likeness (QED) is 0.584. The number of aromatic nitrogens is 1. The molecule has 1 amide bonds. The lowest BCUT2D eigenvalue weighted by Gasteiger charge is -2.27. The van der Waals surface area contributed by atoms with Gasteiger partial charge in [0.1, 0.15) is 5.56 Å². The number of pyridine rings is 1. The number of benzene rings is 2. The van der Waals surface area contributed by atoms with E-state index in [1.165, 1.54) is 0 Å². The smallest absolute Gasteiger partial charge is 0.263 e. The standard InChI is InChI=1S/C26H30N2O2/c1-5-6-17-28-23(20-13-9-7-10-14-20)19(2)18-22(25(28)30)24(29)27-26(3,4)21-15-11-8-12-16-21/h7-16,18H,5-6,17H2,1-4H3,(H,27,29). The van der Waals surface area contributed by atoms with Gasteiger partial charge in [0.25, 0.3) is 11.5 Å². The van der Waals surface area contributed by atoms with Crippen molar-refractivity contribution in [1.82, 2.24) is 9.88 Å². The van der Waals surface area contributed by atoms with Gasteiger partial charge in [-0.25, -0.2) is 0 Å². The second-order valence-corrected chi connectivity index (χ2v) is 8.21. The lowest BCUT2D eigenvalue weighted by molar-refractivity contribution is 0.0909. The topological polar surface area (TPSA) is 51.1 Å². The van der Waals surface area contributed by atoms with Gasteiger partial charge in [-0.3, -0.25) is 9.59 Å². The number of unbranched alkanes of at least 4 members (excludes halogenated alkanes) is 1. The van der Waals surface area contributed by atoms with Crippen molar-refractivity contribution >= 4 is 5.91 Å². The van der Waals surface area contributed by atoms with E-state index in [0.717, 1.165) is 35.2 Å². The van der Waals surface area contributed by atoms with Gasteiger partial charge in [-0.15, -0.1) is 0 Å². The molecule has 0 spiro atoms. The summed E-state index contributed by atoms with van der Waals surface area (Å²) in [6.07, 6.45) is 1.84. The largest absolute Gasteiger partial charge is 0.343 e. The molecule has 30 heavy (non-hydrogen) atoms. The van der Waals surface area contributed by atoms with Gasteiger partial charge in [-0.1, -0.05) is 74.0 Å². The molecule has 0 saturated carbocycles. The maximum Gasteiger partial charge on any atom is 0.263 e. The average Bonchev–Trinajstić information content (AvgIpc) is 2.74. The lowest BCUT2D eigenvalue weighted by atomic mass is 9.94. The molecule has 2 aromatic carbocycles. The van der Waals surface area contributed by atoms with Crippen molar-refractivity contribution in [3.05, 3.63) is 93.8 Å². The number of nitrogens with zero attached hydrogens (tertiary/aromatic N) is 1. The van der Waals surface area contributed by atoms with Crippen LogP contribution in [0.25, 0.3) is 11.3 Å². The number of carbonyl (C=O) groups is 1. The molecule has 0 aliphatic carbocycles. The number of hydrogen-bond donors (Lipinski definition) is 1. The van der Waals surface area contributed by atoms with Crippen molar-refractivity contribution in [3.63, 3.8) is 0 Å². The zero-order valence-electron chi connectivity index (χ0n) is 18.2. The van der Waals surface area contributed by atoms with E-state index in [2.05, 4.69) is 12.2 Å². The molecule has 1 heterocycles. The molecule has 1 N–H and O–H groups in total. The third-order valence-corrected chi connectivity index (χ3v) is 5.43. The SMILES string of the molecule is CCCCn1c(-c2ccccc2)c(C)cc(C(=O)NC(C)(C)c2ccccc2)c1=O. The molecule has 0 atom stereocenters. The first-order valence-electron chi connectivity index (χ1n) is 10.5. The third kappa shape index (κ3) is 4.54. The maximum absolute atomic E-state index is 13.4. The Morgan fingerprint density at radius 1 is 1.00 bits per heavy atom. The number of amides is 1. The molecule has 156 valence electrons. The highest BCUT2D eigenvalue weighted by atomic mass is 16.2. The summed E-state index contributed by atoms with van der Waals surface area (Å²) in [5.41, 5.74) is 3.13. The Morgan fingerprint density at radius 2 is 1.60 bits per heavy atom. The normalized spacial score (nSPS) is 11.3. The molecule has 0 aliphatic rings. The summed E-state index contributed by atoms with van der Waals surface area (Å²) in [6, 6.07) is 21.4. The highest BCUT2D eigenvalue weighted by molar-refractivity contribution is 5.95.